The van der Waals surface area contributed by atoms with Crippen molar-refractivity contribution in [3.8, 4) is 0 Å². The maximum atomic E-state index is 12.0. The van der Waals surface area contributed by atoms with Crippen LogP contribution in [0.5, 0.6) is 0 Å². The molecule has 0 radical (unpaired) electrons. The Kier molecular flexibility index (Phi) is 5.06. The molecule has 0 aliphatic carbocycles. The molecular weight excluding hydrogens is 276 g/mol. The molecule has 0 aliphatic rings. The third-order valence-corrected chi connectivity index (χ3v) is 3.97. The van der Waals surface area contributed by atoms with Gasteiger partial charge in [0.05, 0.1) is 5.75 Å². The summed E-state index contributed by atoms with van der Waals surface area (Å²) in [7, 11) is 0. The number of ketones is 1. The quantitative estimate of drug-likeness (QED) is 0.738. The van der Waals surface area contributed by atoms with Crippen LogP contribution in [0.2, 0.25) is 5.02 Å². The normalized spacial score (nSPS) is 10.4. The molecular formula is C16H15ClOS. The lowest BCUT2D eigenvalue weighted by Gasteiger charge is -2.03. The Morgan fingerprint density at radius 3 is 2.68 bits per heavy atom. The van der Waals surface area contributed by atoms with Crippen molar-refractivity contribution in [1.29, 1.82) is 0 Å². The standard InChI is InChI=1S/C16H15ClOS/c1-12-4-2-5-13(8-12)10-19-11-16(18)14-6-3-7-15(17)9-14/h2-9H,10-11H2,1H3. The molecule has 0 atom stereocenters. The van der Waals surface area contributed by atoms with Gasteiger partial charge in [0.15, 0.2) is 5.78 Å². The average Bonchev–Trinajstić information content (AvgIpc) is 2.38. The molecule has 1 nitrogen and oxygen atoms in total. The minimum Gasteiger partial charge on any atom is -0.293 e. The Labute approximate surface area is 123 Å². The van der Waals surface area contributed by atoms with E-state index in [0.29, 0.717) is 16.3 Å². The fourth-order valence-electron chi connectivity index (χ4n) is 1.81. The smallest absolute Gasteiger partial charge is 0.172 e. The fourth-order valence-corrected chi connectivity index (χ4v) is 2.87. The molecule has 0 saturated carbocycles. The first-order valence-corrected chi connectivity index (χ1v) is 7.60. The summed E-state index contributed by atoms with van der Waals surface area (Å²) >= 11 is 7.51. The number of rotatable bonds is 5. The molecule has 0 aliphatic heterocycles. The van der Waals surface area contributed by atoms with E-state index in [9.17, 15) is 4.79 Å². The third-order valence-electron chi connectivity index (χ3n) is 2.73. The number of benzene rings is 2. The molecule has 3 heteroatoms. The van der Waals surface area contributed by atoms with E-state index in [0.717, 1.165) is 5.75 Å². The molecule has 0 aromatic heterocycles. The Bertz CT molecular complexity index is 580. The van der Waals surface area contributed by atoms with E-state index in [-0.39, 0.29) is 5.78 Å². The zero-order valence-electron chi connectivity index (χ0n) is 10.7. The molecule has 2 aromatic rings. The van der Waals surface area contributed by atoms with E-state index < -0.39 is 0 Å². The zero-order valence-corrected chi connectivity index (χ0v) is 12.3. The minimum atomic E-state index is 0.125. The molecule has 0 unspecified atom stereocenters. The molecule has 19 heavy (non-hydrogen) atoms. The summed E-state index contributed by atoms with van der Waals surface area (Å²) in [5.74, 6) is 1.46. The highest BCUT2D eigenvalue weighted by molar-refractivity contribution is 7.99. The van der Waals surface area contributed by atoms with Gasteiger partial charge in [-0.2, -0.15) is 0 Å². The van der Waals surface area contributed by atoms with Gasteiger partial charge in [0, 0.05) is 16.3 Å². The number of halogens is 1. The summed E-state index contributed by atoms with van der Waals surface area (Å²) in [6, 6.07) is 15.5. The SMILES string of the molecule is Cc1cccc(CSCC(=O)c2cccc(Cl)c2)c1. The van der Waals surface area contributed by atoms with Crippen LogP contribution in [-0.4, -0.2) is 11.5 Å². The van der Waals surface area contributed by atoms with Crippen LogP contribution in [0.3, 0.4) is 0 Å². The number of carbonyl (C=O) groups excluding carboxylic acids is 1. The Balaban J connectivity index is 1.87. The van der Waals surface area contributed by atoms with Gasteiger partial charge in [0.2, 0.25) is 0 Å². The Morgan fingerprint density at radius 2 is 1.95 bits per heavy atom. The average molecular weight is 291 g/mol. The number of thioether (sulfide) groups is 1. The first-order chi connectivity index (χ1) is 9.15. The lowest BCUT2D eigenvalue weighted by molar-refractivity contribution is 0.102. The Hall–Kier alpha value is -1.25. The topological polar surface area (TPSA) is 17.1 Å². The van der Waals surface area contributed by atoms with Crippen LogP contribution < -0.4 is 0 Å². The van der Waals surface area contributed by atoms with Gasteiger partial charge in [-0.3, -0.25) is 4.79 Å². The van der Waals surface area contributed by atoms with Crippen LogP contribution in [0.25, 0.3) is 0 Å². The van der Waals surface area contributed by atoms with Crippen molar-refractivity contribution in [1.82, 2.24) is 0 Å². The van der Waals surface area contributed by atoms with E-state index in [1.165, 1.54) is 11.1 Å². The Morgan fingerprint density at radius 1 is 1.16 bits per heavy atom. The molecule has 0 bridgehead atoms. The molecule has 0 fully saturated rings. The monoisotopic (exact) mass is 290 g/mol. The molecule has 0 heterocycles. The minimum absolute atomic E-state index is 0.125. The van der Waals surface area contributed by atoms with Crippen LogP contribution in [0.15, 0.2) is 48.5 Å². The van der Waals surface area contributed by atoms with Crippen molar-refractivity contribution >= 4 is 29.1 Å². The van der Waals surface area contributed by atoms with Crippen LogP contribution in [-0.2, 0) is 5.75 Å². The van der Waals surface area contributed by atoms with Crippen LogP contribution >= 0.6 is 23.4 Å². The molecule has 98 valence electrons. The second-order valence-electron chi connectivity index (χ2n) is 4.42. The maximum absolute atomic E-state index is 12.0. The first-order valence-electron chi connectivity index (χ1n) is 6.07. The van der Waals surface area contributed by atoms with Gasteiger partial charge in [-0.15, -0.1) is 11.8 Å². The van der Waals surface area contributed by atoms with E-state index in [4.69, 9.17) is 11.6 Å². The first kappa shape index (κ1) is 14.2. The molecule has 2 rings (SSSR count). The van der Waals surface area contributed by atoms with Gasteiger partial charge in [-0.25, -0.2) is 0 Å². The second-order valence-corrected chi connectivity index (χ2v) is 5.84. The summed E-state index contributed by atoms with van der Waals surface area (Å²) < 4.78 is 0. The largest absolute Gasteiger partial charge is 0.293 e. The fraction of sp³-hybridized carbons (Fsp3) is 0.188. The number of hydrogen-bond acceptors (Lipinski definition) is 2. The van der Waals surface area contributed by atoms with Crippen molar-refractivity contribution < 1.29 is 4.79 Å². The van der Waals surface area contributed by atoms with Gasteiger partial charge in [-0.05, 0) is 24.6 Å². The number of Topliss-reactive ketones (excluding diaryl/α,β-unsaturated/α-hetero) is 1. The summed E-state index contributed by atoms with van der Waals surface area (Å²) in [5.41, 5.74) is 3.19. The van der Waals surface area contributed by atoms with Gasteiger partial charge in [0.25, 0.3) is 0 Å². The molecule has 0 N–H and O–H groups in total. The van der Waals surface area contributed by atoms with E-state index >= 15 is 0 Å². The van der Waals surface area contributed by atoms with E-state index in [1.807, 2.05) is 6.07 Å². The van der Waals surface area contributed by atoms with E-state index in [2.05, 4.69) is 25.1 Å². The lowest BCUT2D eigenvalue weighted by atomic mass is 10.1. The molecule has 0 saturated heterocycles. The number of carbonyl (C=O) groups is 1. The summed E-state index contributed by atoms with van der Waals surface area (Å²) in [6.07, 6.45) is 0. The van der Waals surface area contributed by atoms with Crippen LogP contribution in [0.1, 0.15) is 21.5 Å². The van der Waals surface area contributed by atoms with Gasteiger partial charge >= 0.3 is 0 Å². The molecule has 0 spiro atoms. The highest BCUT2D eigenvalue weighted by atomic mass is 35.5. The molecule has 0 amide bonds. The predicted octanol–water partition coefficient (Wildman–Crippen LogP) is 4.76. The van der Waals surface area contributed by atoms with E-state index in [1.54, 1.807) is 36.0 Å². The highest BCUT2D eigenvalue weighted by Crippen LogP contribution is 2.17. The van der Waals surface area contributed by atoms with Crippen molar-refractivity contribution in [3.63, 3.8) is 0 Å². The van der Waals surface area contributed by atoms with Crippen molar-refractivity contribution in [2.45, 2.75) is 12.7 Å². The predicted molar refractivity (Wildman–Crippen MR) is 83.1 cm³/mol. The van der Waals surface area contributed by atoms with Crippen LogP contribution in [0.4, 0.5) is 0 Å². The van der Waals surface area contributed by atoms with Crippen LogP contribution in [0, 0.1) is 6.92 Å². The summed E-state index contributed by atoms with van der Waals surface area (Å²) in [5, 5.41) is 0.606. The number of aryl methyl sites for hydroxylation is 1. The van der Waals surface area contributed by atoms with Crippen molar-refractivity contribution in [2.75, 3.05) is 5.75 Å². The van der Waals surface area contributed by atoms with Crippen molar-refractivity contribution in [2.24, 2.45) is 0 Å². The second kappa shape index (κ2) is 6.78. The highest BCUT2D eigenvalue weighted by Gasteiger charge is 2.06. The van der Waals surface area contributed by atoms with Gasteiger partial charge < -0.3 is 0 Å². The maximum Gasteiger partial charge on any atom is 0.172 e. The molecule has 2 aromatic carbocycles. The lowest BCUT2D eigenvalue weighted by Crippen LogP contribution is -2.02. The summed E-state index contributed by atoms with van der Waals surface area (Å²) in [4.78, 5) is 12.0. The third kappa shape index (κ3) is 4.41. The number of hydrogen-bond donors (Lipinski definition) is 0. The zero-order chi connectivity index (χ0) is 13.7. The van der Waals surface area contributed by atoms with Gasteiger partial charge in [0.1, 0.15) is 0 Å². The van der Waals surface area contributed by atoms with Crippen molar-refractivity contribution in [3.05, 3.63) is 70.2 Å². The van der Waals surface area contributed by atoms with Gasteiger partial charge in [-0.1, -0.05) is 53.6 Å². The summed E-state index contributed by atoms with van der Waals surface area (Å²) in [6.45, 7) is 2.07.